The van der Waals surface area contributed by atoms with Crippen LogP contribution in [0, 0.1) is 6.92 Å². The molecule has 0 saturated heterocycles. The predicted octanol–water partition coefficient (Wildman–Crippen LogP) is 2.42. The van der Waals surface area contributed by atoms with Crippen molar-refractivity contribution in [1.29, 1.82) is 0 Å². The molecular formula is C20H22N6O3. The van der Waals surface area contributed by atoms with Crippen LogP contribution in [0.4, 0.5) is 5.95 Å². The molecule has 0 saturated carbocycles. The standard InChI is InChI=1S/C20H22N6O3/c1-13-6-7-17(29-13)19-25-20(21)24-18-14(11-22-26(18)19)10-15-4-3-5-16(23-15)12-28-9-8-27-2/h3-7,11H,8-10,12H2,1-2H3,(H2,21,24). The van der Waals surface area contributed by atoms with Gasteiger partial charge in [0.25, 0.3) is 0 Å². The number of nitrogens with zero attached hydrogens (tertiary/aromatic N) is 5. The summed E-state index contributed by atoms with van der Waals surface area (Å²) in [6.07, 6.45) is 2.31. The Morgan fingerprint density at radius 2 is 1.93 bits per heavy atom. The van der Waals surface area contributed by atoms with Crippen LogP contribution < -0.4 is 5.73 Å². The molecule has 150 valence electrons. The molecular weight excluding hydrogens is 372 g/mol. The van der Waals surface area contributed by atoms with Crippen molar-refractivity contribution < 1.29 is 13.9 Å². The van der Waals surface area contributed by atoms with E-state index in [4.69, 9.17) is 19.6 Å². The molecule has 4 aromatic rings. The van der Waals surface area contributed by atoms with Gasteiger partial charge >= 0.3 is 0 Å². The van der Waals surface area contributed by atoms with Crippen molar-refractivity contribution in [3.63, 3.8) is 0 Å². The molecule has 0 radical (unpaired) electrons. The molecule has 0 atom stereocenters. The fourth-order valence-corrected chi connectivity index (χ4v) is 3.00. The van der Waals surface area contributed by atoms with E-state index in [1.54, 1.807) is 17.8 Å². The fraction of sp³-hybridized carbons (Fsp3) is 0.300. The number of aryl methyl sites for hydroxylation is 1. The molecule has 9 heteroatoms. The lowest BCUT2D eigenvalue weighted by Crippen LogP contribution is -2.06. The molecule has 0 aliphatic heterocycles. The van der Waals surface area contributed by atoms with Crippen LogP contribution >= 0.6 is 0 Å². The quantitative estimate of drug-likeness (QED) is 0.453. The van der Waals surface area contributed by atoms with Crippen LogP contribution in [0.2, 0.25) is 0 Å². The maximum atomic E-state index is 5.95. The molecule has 0 unspecified atom stereocenters. The van der Waals surface area contributed by atoms with Gasteiger partial charge in [-0.25, -0.2) is 0 Å². The van der Waals surface area contributed by atoms with E-state index in [2.05, 4.69) is 20.1 Å². The minimum atomic E-state index is 0.163. The van der Waals surface area contributed by atoms with Crippen molar-refractivity contribution in [3.8, 4) is 11.6 Å². The molecule has 9 nitrogen and oxygen atoms in total. The van der Waals surface area contributed by atoms with E-state index >= 15 is 0 Å². The Morgan fingerprint density at radius 1 is 1.07 bits per heavy atom. The first-order valence-corrected chi connectivity index (χ1v) is 9.22. The zero-order valence-corrected chi connectivity index (χ0v) is 16.3. The second-order valence-corrected chi connectivity index (χ2v) is 6.56. The highest BCUT2D eigenvalue weighted by molar-refractivity contribution is 5.59. The normalized spacial score (nSPS) is 11.4. The Hall–Kier alpha value is -3.30. The Balaban J connectivity index is 1.60. The number of aromatic nitrogens is 5. The topological polar surface area (TPSA) is 114 Å². The summed E-state index contributed by atoms with van der Waals surface area (Å²) in [4.78, 5) is 13.3. The summed E-state index contributed by atoms with van der Waals surface area (Å²) >= 11 is 0. The Morgan fingerprint density at radius 3 is 2.72 bits per heavy atom. The number of methoxy groups -OCH3 is 1. The van der Waals surface area contributed by atoms with Gasteiger partial charge in [0.05, 0.1) is 31.7 Å². The first-order valence-electron chi connectivity index (χ1n) is 9.22. The van der Waals surface area contributed by atoms with Gasteiger partial charge in [0, 0.05) is 24.8 Å². The highest BCUT2D eigenvalue weighted by atomic mass is 16.5. The van der Waals surface area contributed by atoms with Crippen molar-refractivity contribution in [2.45, 2.75) is 20.0 Å². The summed E-state index contributed by atoms with van der Waals surface area (Å²) in [5.74, 6) is 2.05. The van der Waals surface area contributed by atoms with Crippen LogP contribution in [0.5, 0.6) is 0 Å². The third kappa shape index (κ3) is 4.25. The number of hydrogen-bond donors (Lipinski definition) is 1. The van der Waals surface area contributed by atoms with Gasteiger partial charge in [-0.2, -0.15) is 19.6 Å². The lowest BCUT2D eigenvalue weighted by Gasteiger charge is -2.06. The fourth-order valence-electron chi connectivity index (χ4n) is 3.00. The maximum absolute atomic E-state index is 5.95. The monoisotopic (exact) mass is 394 g/mol. The number of ether oxygens (including phenoxy) is 2. The van der Waals surface area contributed by atoms with Gasteiger partial charge in [-0.1, -0.05) is 6.07 Å². The molecule has 0 bridgehead atoms. The number of pyridine rings is 1. The summed E-state index contributed by atoms with van der Waals surface area (Å²) < 4.78 is 17.9. The Labute approximate surface area is 167 Å². The van der Waals surface area contributed by atoms with Crippen LogP contribution in [-0.2, 0) is 22.5 Å². The van der Waals surface area contributed by atoms with Crippen LogP contribution in [0.1, 0.15) is 22.7 Å². The van der Waals surface area contributed by atoms with Crippen molar-refractivity contribution in [2.75, 3.05) is 26.1 Å². The van der Waals surface area contributed by atoms with Crippen LogP contribution in [-0.4, -0.2) is 44.9 Å². The van der Waals surface area contributed by atoms with Crippen molar-refractivity contribution in [1.82, 2.24) is 24.6 Å². The number of nitrogens with two attached hydrogens (primary N) is 1. The molecule has 0 amide bonds. The lowest BCUT2D eigenvalue weighted by molar-refractivity contribution is 0.0601. The number of rotatable bonds is 8. The molecule has 2 N–H and O–H groups in total. The van der Waals surface area contributed by atoms with E-state index in [1.807, 2.05) is 37.3 Å². The van der Waals surface area contributed by atoms with E-state index in [1.165, 1.54) is 0 Å². The molecule has 0 fully saturated rings. The third-order valence-electron chi connectivity index (χ3n) is 4.34. The number of fused-ring (bicyclic) bond motifs is 1. The van der Waals surface area contributed by atoms with Crippen molar-refractivity contribution in [3.05, 3.63) is 59.2 Å². The van der Waals surface area contributed by atoms with E-state index in [9.17, 15) is 0 Å². The zero-order chi connectivity index (χ0) is 20.2. The third-order valence-corrected chi connectivity index (χ3v) is 4.34. The smallest absolute Gasteiger partial charge is 0.224 e. The summed E-state index contributed by atoms with van der Waals surface area (Å²) in [6.45, 7) is 3.39. The van der Waals surface area contributed by atoms with Gasteiger partial charge in [0.2, 0.25) is 11.8 Å². The SMILES string of the molecule is COCCOCc1cccc(Cc2cnn3c(-c4ccc(C)o4)nc(N)nc23)n1. The van der Waals surface area contributed by atoms with Crippen molar-refractivity contribution in [2.24, 2.45) is 0 Å². The van der Waals surface area contributed by atoms with Crippen LogP contribution in [0.25, 0.3) is 17.2 Å². The van der Waals surface area contributed by atoms with E-state index in [0.717, 1.165) is 22.7 Å². The minimum absolute atomic E-state index is 0.163. The predicted molar refractivity (Wildman–Crippen MR) is 106 cm³/mol. The second-order valence-electron chi connectivity index (χ2n) is 6.56. The summed E-state index contributed by atoms with van der Waals surface area (Å²) in [6, 6.07) is 9.57. The van der Waals surface area contributed by atoms with Gasteiger partial charge in [-0.15, -0.1) is 0 Å². The summed E-state index contributed by atoms with van der Waals surface area (Å²) in [5.41, 5.74) is 9.22. The lowest BCUT2D eigenvalue weighted by atomic mass is 10.1. The van der Waals surface area contributed by atoms with Crippen LogP contribution in [0.15, 0.2) is 40.9 Å². The first-order chi connectivity index (χ1) is 14.1. The average Bonchev–Trinajstić information content (AvgIpc) is 3.32. The summed E-state index contributed by atoms with van der Waals surface area (Å²) in [5, 5.41) is 4.44. The highest BCUT2D eigenvalue weighted by Crippen LogP contribution is 2.23. The Bertz CT molecular complexity index is 1120. The molecule has 4 rings (SSSR count). The number of anilines is 1. The van der Waals surface area contributed by atoms with E-state index in [0.29, 0.717) is 43.5 Å². The molecule has 4 heterocycles. The van der Waals surface area contributed by atoms with Gasteiger partial charge in [-0.05, 0) is 31.2 Å². The molecule has 0 spiro atoms. The molecule has 0 aromatic carbocycles. The molecule has 0 aliphatic carbocycles. The molecule has 29 heavy (non-hydrogen) atoms. The maximum Gasteiger partial charge on any atom is 0.224 e. The summed E-state index contributed by atoms with van der Waals surface area (Å²) in [7, 11) is 1.65. The Kier molecular flexibility index (Phi) is 5.50. The molecule has 0 aliphatic rings. The van der Waals surface area contributed by atoms with E-state index < -0.39 is 0 Å². The van der Waals surface area contributed by atoms with Gasteiger partial charge in [0.15, 0.2) is 11.4 Å². The second kappa shape index (κ2) is 8.38. The van der Waals surface area contributed by atoms with E-state index in [-0.39, 0.29) is 5.95 Å². The van der Waals surface area contributed by atoms with Gasteiger partial charge < -0.3 is 19.6 Å². The highest BCUT2D eigenvalue weighted by Gasteiger charge is 2.16. The minimum Gasteiger partial charge on any atom is -0.458 e. The van der Waals surface area contributed by atoms with Gasteiger partial charge in [0.1, 0.15) is 5.76 Å². The van der Waals surface area contributed by atoms with Gasteiger partial charge in [-0.3, -0.25) is 4.98 Å². The number of nitrogen functional groups attached to an aromatic ring is 1. The first kappa shape index (κ1) is 19.0. The van der Waals surface area contributed by atoms with Crippen LogP contribution in [0.3, 0.4) is 0 Å². The zero-order valence-electron chi connectivity index (χ0n) is 16.3. The number of furan rings is 1. The molecule has 4 aromatic heterocycles. The number of hydrogen-bond acceptors (Lipinski definition) is 8. The average molecular weight is 394 g/mol. The largest absolute Gasteiger partial charge is 0.458 e. The van der Waals surface area contributed by atoms with Crippen molar-refractivity contribution >= 4 is 11.6 Å².